The molecule has 1 aliphatic rings. The van der Waals surface area contributed by atoms with Gasteiger partial charge in [-0.15, -0.1) is 0 Å². The van der Waals surface area contributed by atoms with Crippen LogP contribution in [0.25, 0.3) is 0 Å². The molecule has 0 saturated carbocycles. The van der Waals surface area contributed by atoms with Crippen LogP contribution in [0.5, 0.6) is 0 Å². The van der Waals surface area contributed by atoms with E-state index >= 15 is 0 Å². The molecule has 2 nitrogen and oxygen atoms in total. The van der Waals surface area contributed by atoms with Gasteiger partial charge >= 0.3 is 0 Å². The lowest BCUT2D eigenvalue weighted by Crippen LogP contribution is -2.29. The van der Waals surface area contributed by atoms with Crippen LogP contribution in [0.4, 0.5) is 5.69 Å². The first-order chi connectivity index (χ1) is 8.25. The molecule has 2 N–H and O–H groups in total. The van der Waals surface area contributed by atoms with Crippen LogP contribution in [-0.4, -0.2) is 24.5 Å². The van der Waals surface area contributed by atoms with Crippen molar-refractivity contribution in [2.45, 2.75) is 26.2 Å². The maximum Gasteiger partial charge on any atom is 0.0346 e. The van der Waals surface area contributed by atoms with Gasteiger partial charge in [-0.2, -0.15) is 0 Å². The number of nitrogen functional groups attached to an aromatic ring is 1. The SMILES string of the molecule is CC1=CCN(CCCc2ccccc2N)CC1. The van der Waals surface area contributed by atoms with Gasteiger partial charge in [-0.3, -0.25) is 4.90 Å². The molecule has 0 atom stereocenters. The number of hydrogen-bond donors (Lipinski definition) is 1. The predicted octanol–water partition coefficient (Wildman–Crippen LogP) is 2.85. The van der Waals surface area contributed by atoms with Gasteiger partial charge in [-0.1, -0.05) is 29.8 Å². The molecular weight excluding hydrogens is 208 g/mol. The Bertz CT molecular complexity index is 396. The van der Waals surface area contributed by atoms with Crippen molar-refractivity contribution in [3.05, 3.63) is 41.5 Å². The molecule has 1 aromatic rings. The van der Waals surface area contributed by atoms with Gasteiger partial charge in [0.25, 0.3) is 0 Å². The second-order valence-electron chi connectivity index (χ2n) is 4.90. The summed E-state index contributed by atoms with van der Waals surface area (Å²) in [6, 6.07) is 8.19. The molecule has 0 saturated heterocycles. The van der Waals surface area contributed by atoms with Crippen molar-refractivity contribution in [3.63, 3.8) is 0 Å². The third-order valence-electron chi connectivity index (χ3n) is 3.50. The number of hydrogen-bond acceptors (Lipinski definition) is 2. The number of nitrogens with zero attached hydrogens (tertiary/aromatic N) is 1. The molecule has 1 heterocycles. The average Bonchev–Trinajstić information content (AvgIpc) is 2.34. The van der Waals surface area contributed by atoms with E-state index in [1.807, 2.05) is 12.1 Å². The Hall–Kier alpha value is -1.28. The number of rotatable bonds is 4. The summed E-state index contributed by atoms with van der Waals surface area (Å²) in [5, 5.41) is 0. The highest BCUT2D eigenvalue weighted by molar-refractivity contribution is 5.46. The Morgan fingerprint density at radius 2 is 2.12 bits per heavy atom. The standard InChI is InChI=1S/C15H22N2/c1-13-8-11-17(12-9-13)10-4-6-14-5-2-3-7-15(14)16/h2-3,5,7-8H,4,6,9-12,16H2,1H3. The fraction of sp³-hybridized carbons (Fsp3) is 0.467. The van der Waals surface area contributed by atoms with Crippen LogP contribution in [0.1, 0.15) is 25.3 Å². The number of anilines is 1. The zero-order chi connectivity index (χ0) is 12.1. The third kappa shape index (κ3) is 3.60. The van der Waals surface area contributed by atoms with Gasteiger partial charge in [0.2, 0.25) is 0 Å². The van der Waals surface area contributed by atoms with Crippen LogP contribution >= 0.6 is 0 Å². The first kappa shape index (κ1) is 12.2. The second-order valence-corrected chi connectivity index (χ2v) is 4.90. The van der Waals surface area contributed by atoms with E-state index in [1.54, 1.807) is 0 Å². The monoisotopic (exact) mass is 230 g/mol. The summed E-state index contributed by atoms with van der Waals surface area (Å²) in [5.74, 6) is 0. The fourth-order valence-corrected chi connectivity index (χ4v) is 2.27. The molecule has 0 amide bonds. The first-order valence-corrected chi connectivity index (χ1v) is 6.47. The van der Waals surface area contributed by atoms with Gasteiger partial charge in [0.1, 0.15) is 0 Å². The number of benzene rings is 1. The largest absolute Gasteiger partial charge is 0.399 e. The lowest BCUT2D eigenvalue weighted by atomic mass is 10.1. The van der Waals surface area contributed by atoms with Gasteiger partial charge in [0.05, 0.1) is 0 Å². The predicted molar refractivity (Wildman–Crippen MR) is 74.0 cm³/mol. The summed E-state index contributed by atoms with van der Waals surface area (Å²) in [6.07, 6.45) is 5.86. The summed E-state index contributed by atoms with van der Waals surface area (Å²) in [5.41, 5.74) is 9.69. The van der Waals surface area contributed by atoms with Gasteiger partial charge in [0.15, 0.2) is 0 Å². The molecule has 0 spiro atoms. The first-order valence-electron chi connectivity index (χ1n) is 6.47. The molecule has 0 aromatic heterocycles. The van der Waals surface area contributed by atoms with Crippen molar-refractivity contribution < 1.29 is 0 Å². The molecule has 0 fully saturated rings. The normalized spacial score (nSPS) is 16.9. The van der Waals surface area contributed by atoms with E-state index in [4.69, 9.17) is 5.73 Å². The number of nitrogens with two attached hydrogens (primary N) is 1. The molecule has 0 aliphatic carbocycles. The van der Waals surface area contributed by atoms with E-state index < -0.39 is 0 Å². The minimum atomic E-state index is 0.932. The Morgan fingerprint density at radius 3 is 2.82 bits per heavy atom. The topological polar surface area (TPSA) is 29.3 Å². The molecule has 1 aromatic carbocycles. The number of para-hydroxylation sites is 1. The van der Waals surface area contributed by atoms with E-state index in [0.29, 0.717) is 0 Å². The van der Waals surface area contributed by atoms with Crippen LogP contribution in [0.3, 0.4) is 0 Å². The highest BCUT2D eigenvalue weighted by Crippen LogP contribution is 2.14. The smallest absolute Gasteiger partial charge is 0.0346 e. The number of aryl methyl sites for hydroxylation is 1. The van der Waals surface area contributed by atoms with Crippen LogP contribution < -0.4 is 5.73 Å². The Kier molecular flexibility index (Phi) is 4.21. The molecular formula is C15H22N2. The molecule has 0 bridgehead atoms. The molecule has 0 radical (unpaired) electrons. The van der Waals surface area contributed by atoms with Crippen LogP contribution in [0, 0.1) is 0 Å². The van der Waals surface area contributed by atoms with Crippen molar-refractivity contribution in [1.82, 2.24) is 4.90 Å². The van der Waals surface area contributed by atoms with Gasteiger partial charge < -0.3 is 5.73 Å². The van der Waals surface area contributed by atoms with Crippen molar-refractivity contribution in [2.24, 2.45) is 0 Å². The Labute approximate surface area is 104 Å². The maximum atomic E-state index is 5.93. The quantitative estimate of drug-likeness (QED) is 0.636. The van der Waals surface area contributed by atoms with Crippen molar-refractivity contribution in [1.29, 1.82) is 0 Å². The van der Waals surface area contributed by atoms with Gasteiger partial charge in [0, 0.05) is 18.8 Å². The lowest BCUT2D eigenvalue weighted by Gasteiger charge is -2.25. The van der Waals surface area contributed by atoms with Crippen molar-refractivity contribution >= 4 is 5.69 Å². The van der Waals surface area contributed by atoms with E-state index in [9.17, 15) is 0 Å². The highest BCUT2D eigenvalue weighted by atomic mass is 15.1. The van der Waals surface area contributed by atoms with Crippen LogP contribution in [0.2, 0.25) is 0 Å². The lowest BCUT2D eigenvalue weighted by molar-refractivity contribution is 0.290. The highest BCUT2D eigenvalue weighted by Gasteiger charge is 2.08. The van der Waals surface area contributed by atoms with Crippen molar-refractivity contribution in [3.8, 4) is 0 Å². The molecule has 2 heteroatoms. The van der Waals surface area contributed by atoms with Gasteiger partial charge in [-0.25, -0.2) is 0 Å². The Morgan fingerprint density at radius 1 is 1.29 bits per heavy atom. The molecule has 17 heavy (non-hydrogen) atoms. The van der Waals surface area contributed by atoms with Gasteiger partial charge in [-0.05, 0) is 44.4 Å². The molecule has 1 aliphatic heterocycles. The van der Waals surface area contributed by atoms with Crippen LogP contribution in [0.15, 0.2) is 35.9 Å². The zero-order valence-corrected chi connectivity index (χ0v) is 10.7. The fourth-order valence-electron chi connectivity index (χ4n) is 2.27. The molecule has 0 unspecified atom stereocenters. The minimum Gasteiger partial charge on any atom is -0.399 e. The summed E-state index contributed by atoms with van der Waals surface area (Å²) in [6.45, 7) is 5.74. The van der Waals surface area contributed by atoms with E-state index in [0.717, 1.165) is 18.7 Å². The minimum absolute atomic E-state index is 0.932. The zero-order valence-electron chi connectivity index (χ0n) is 10.7. The van der Waals surface area contributed by atoms with Crippen LogP contribution in [-0.2, 0) is 6.42 Å². The molecule has 92 valence electrons. The van der Waals surface area contributed by atoms with E-state index in [2.05, 4.69) is 30.0 Å². The third-order valence-corrected chi connectivity index (χ3v) is 3.50. The second kappa shape index (κ2) is 5.87. The van der Waals surface area contributed by atoms with Crippen molar-refractivity contribution in [2.75, 3.05) is 25.4 Å². The maximum absolute atomic E-state index is 5.93. The van der Waals surface area contributed by atoms with E-state index in [-0.39, 0.29) is 0 Å². The van der Waals surface area contributed by atoms with E-state index in [1.165, 1.54) is 37.1 Å². The summed E-state index contributed by atoms with van der Waals surface area (Å²) in [4.78, 5) is 2.52. The molecule has 2 rings (SSSR count). The Balaban J connectivity index is 1.75. The summed E-state index contributed by atoms with van der Waals surface area (Å²) >= 11 is 0. The summed E-state index contributed by atoms with van der Waals surface area (Å²) < 4.78 is 0. The summed E-state index contributed by atoms with van der Waals surface area (Å²) in [7, 11) is 0. The average molecular weight is 230 g/mol.